The number of pyridine rings is 1. The molecule has 2 atom stereocenters. The molecule has 6 aromatic rings. The lowest BCUT2D eigenvalue weighted by molar-refractivity contribution is -0.0590. The quantitative estimate of drug-likeness (QED) is 0.153. The minimum absolute atomic E-state index is 0.183. The first-order valence-corrected chi connectivity index (χ1v) is 16.0. The molecule has 3 aromatic carbocycles. The van der Waals surface area contributed by atoms with Gasteiger partial charge in [0, 0.05) is 35.4 Å². The Morgan fingerprint density at radius 2 is 1.85 bits per heavy atom. The fraction of sp³-hybridized carbons (Fsp3) is 0.289. The number of methoxy groups -OCH3 is 1. The van der Waals surface area contributed by atoms with E-state index in [0.29, 0.717) is 24.0 Å². The van der Waals surface area contributed by atoms with Crippen molar-refractivity contribution in [1.29, 1.82) is 0 Å². The molecule has 2 aliphatic rings. The monoisotopic (exact) mass is 613 g/mol. The molecule has 3 aromatic heterocycles. The van der Waals surface area contributed by atoms with Crippen LogP contribution in [0.5, 0.6) is 5.88 Å². The van der Waals surface area contributed by atoms with Crippen LogP contribution in [0.2, 0.25) is 0 Å². The van der Waals surface area contributed by atoms with Crippen LogP contribution < -0.4 is 4.74 Å². The number of benzene rings is 3. The molecule has 8 heteroatoms. The highest BCUT2D eigenvalue weighted by Crippen LogP contribution is 2.34. The van der Waals surface area contributed by atoms with E-state index in [1.165, 1.54) is 12.7 Å². The van der Waals surface area contributed by atoms with Gasteiger partial charge in [0.05, 0.1) is 42.0 Å². The fourth-order valence-corrected chi connectivity index (χ4v) is 6.72. The molecular formula is C38H35N3O5. The lowest BCUT2D eigenvalue weighted by Crippen LogP contribution is -2.32. The first kappa shape index (κ1) is 28.5. The Hall–Kier alpha value is -4.95. The van der Waals surface area contributed by atoms with Gasteiger partial charge in [-0.25, -0.2) is 14.8 Å². The molecular weight excluding hydrogens is 578 g/mol. The second-order valence-electron chi connectivity index (χ2n) is 12.2. The molecule has 0 N–H and O–H groups in total. The van der Waals surface area contributed by atoms with Crippen molar-refractivity contribution in [1.82, 2.24) is 14.5 Å². The molecule has 1 fully saturated rings. The lowest BCUT2D eigenvalue weighted by Gasteiger charge is -2.28. The van der Waals surface area contributed by atoms with E-state index in [1.807, 2.05) is 54.6 Å². The van der Waals surface area contributed by atoms with Crippen LogP contribution in [0.4, 0.5) is 0 Å². The minimum Gasteiger partial charge on any atom is -0.473 e. The third kappa shape index (κ3) is 5.43. The van der Waals surface area contributed by atoms with Crippen LogP contribution >= 0.6 is 0 Å². The van der Waals surface area contributed by atoms with Crippen LogP contribution in [0.15, 0.2) is 89.4 Å². The van der Waals surface area contributed by atoms with Crippen molar-refractivity contribution in [2.75, 3.05) is 13.7 Å². The molecule has 0 bridgehead atoms. The molecule has 1 aliphatic heterocycles. The van der Waals surface area contributed by atoms with Gasteiger partial charge in [-0.2, -0.15) is 0 Å². The Morgan fingerprint density at radius 1 is 0.978 bits per heavy atom. The molecule has 4 heterocycles. The summed E-state index contributed by atoms with van der Waals surface area (Å²) in [5.74, 6) is 1.77. The normalized spacial score (nSPS) is 18.1. The Labute approximate surface area is 266 Å². The third-order valence-corrected chi connectivity index (χ3v) is 9.33. The summed E-state index contributed by atoms with van der Waals surface area (Å²) < 4.78 is 25.4. The smallest absolute Gasteiger partial charge is 0.337 e. The number of ether oxygens (including phenoxy) is 3. The number of furan rings is 1. The van der Waals surface area contributed by atoms with E-state index in [1.54, 1.807) is 6.07 Å². The molecule has 0 saturated carbocycles. The van der Waals surface area contributed by atoms with Crippen LogP contribution in [-0.4, -0.2) is 40.3 Å². The summed E-state index contributed by atoms with van der Waals surface area (Å²) in [6, 6.07) is 25.9. The molecule has 0 amide bonds. The SMILES string of the molecule is COC(=O)c1ccc2nc(CC3CC=C(c4cccc(OCc5cccc6c5oc5ccccc56)n4)CC3)n(C[C@@H]3CCO3)c2c1. The standard InChI is InChI=1S/C38H35N3O5/c1-43-38(42)26-16-17-32-33(21-26)41(22-28-18-19-44-28)35(39-32)20-24-12-14-25(15-13-24)31-9-5-11-36(40-31)45-23-27-6-4-8-30-29-7-2-3-10-34(29)46-37(27)30/h2-11,14,16-17,21,24,28H,12-13,15,18-20,22-23H2,1H3/t24?,28-/m0/s1. The van der Waals surface area contributed by atoms with E-state index >= 15 is 0 Å². The van der Waals surface area contributed by atoms with Crippen LogP contribution in [-0.2, 0) is 29.0 Å². The lowest BCUT2D eigenvalue weighted by atomic mass is 9.86. The number of esters is 1. The third-order valence-electron chi connectivity index (χ3n) is 9.33. The average molecular weight is 614 g/mol. The maximum absolute atomic E-state index is 12.2. The number of aromatic nitrogens is 3. The maximum atomic E-state index is 12.2. The molecule has 1 unspecified atom stereocenters. The van der Waals surface area contributed by atoms with E-state index in [9.17, 15) is 4.79 Å². The number of hydrogen-bond acceptors (Lipinski definition) is 7. The number of nitrogens with zero attached hydrogens (tertiary/aromatic N) is 3. The minimum atomic E-state index is -0.340. The summed E-state index contributed by atoms with van der Waals surface area (Å²) in [5.41, 5.74) is 7.33. The summed E-state index contributed by atoms with van der Waals surface area (Å²) in [4.78, 5) is 22.1. The van der Waals surface area contributed by atoms with E-state index in [2.05, 4.69) is 28.8 Å². The molecule has 1 aliphatic carbocycles. The van der Waals surface area contributed by atoms with Gasteiger partial charge in [-0.15, -0.1) is 0 Å². The highest BCUT2D eigenvalue weighted by molar-refractivity contribution is 6.05. The molecule has 0 radical (unpaired) electrons. The molecule has 232 valence electrons. The Bertz CT molecular complexity index is 2100. The first-order valence-electron chi connectivity index (χ1n) is 16.0. The number of imidazole rings is 1. The number of allylic oxidation sites excluding steroid dienone is 2. The summed E-state index contributed by atoms with van der Waals surface area (Å²) in [6.07, 6.45) is 7.35. The van der Waals surface area contributed by atoms with Gasteiger partial charge < -0.3 is 23.2 Å². The summed E-state index contributed by atoms with van der Waals surface area (Å²) in [7, 11) is 1.41. The van der Waals surface area contributed by atoms with E-state index in [-0.39, 0.29) is 12.1 Å². The van der Waals surface area contributed by atoms with Crippen molar-refractivity contribution in [3.05, 3.63) is 108 Å². The zero-order chi connectivity index (χ0) is 31.0. The predicted octanol–water partition coefficient (Wildman–Crippen LogP) is 7.91. The number of hydrogen-bond donors (Lipinski definition) is 0. The van der Waals surface area contributed by atoms with Gasteiger partial charge in [-0.05, 0) is 67.5 Å². The largest absolute Gasteiger partial charge is 0.473 e. The second kappa shape index (κ2) is 12.1. The van der Waals surface area contributed by atoms with Gasteiger partial charge in [0.15, 0.2) is 0 Å². The number of carbonyl (C=O) groups excluding carboxylic acids is 1. The molecule has 46 heavy (non-hydrogen) atoms. The van der Waals surface area contributed by atoms with Crippen molar-refractivity contribution >= 4 is 44.5 Å². The van der Waals surface area contributed by atoms with Gasteiger partial charge in [0.25, 0.3) is 0 Å². The Morgan fingerprint density at radius 3 is 2.67 bits per heavy atom. The number of rotatable bonds is 9. The zero-order valence-electron chi connectivity index (χ0n) is 25.8. The maximum Gasteiger partial charge on any atom is 0.337 e. The highest BCUT2D eigenvalue weighted by atomic mass is 16.5. The van der Waals surface area contributed by atoms with E-state index in [0.717, 1.165) is 95.3 Å². The second-order valence-corrected chi connectivity index (χ2v) is 12.2. The Balaban J connectivity index is 0.969. The van der Waals surface area contributed by atoms with Crippen molar-refractivity contribution in [2.45, 2.75) is 51.4 Å². The summed E-state index contributed by atoms with van der Waals surface area (Å²) >= 11 is 0. The number of carbonyl (C=O) groups is 1. The van der Waals surface area contributed by atoms with Gasteiger partial charge in [-0.3, -0.25) is 0 Å². The average Bonchev–Trinajstić information content (AvgIpc) is 3.63. The van der Waals surface area contributed by atoms with Crippen molar-refractivity contribution in [3.8, 4) is 5.88 Å². The Kier molecular flexibility index (Phi) is 7.50. The van der Waals surface area contributed by atoms with Crippen molar-refractivity contribution in [3.63, 3.8) is 0 Å². The number of fused-ring (bicyclic) bond motifs is 4. The van der Waals surface area contributed by atoms with Crippen LogP contribution in [0.1, 0.15) is 53.1 Å². The summed E-state index contributed by atoms with van der Waals surface area (Å²) in [5, 5.41) is 2.21. The predicted molar refractivity (Wildman–Crippen MR) is 177 cm³/mol. The van der Waals surface area contributed by atoms with Gasteiger partial charge in [0.1, 0.15) is 23.6 Å². The van der Waals surface area contributed by atoms with Gasteiger partial charge in [-0.1, -0.05) is 48.5 Å². The van der Waals surface area contributed by atoms with Crippen LogP contribution in [0, 0.1) is 5.92 Å². The van der Waals surface area contributed by atoms with Crippen LogP contribution in [0.3, 0.4) is 0 Å². The first-order chi connectivity index (χ1) is 22.6. The fourth-order valence-electron chi connectivity index (χ4n) is 6.72. The van der Waals surface area contributed by atoms with Gasteiger partial charge in [0.2, 0.25) is 5.88 Å². The molecule has 8 nitrogen and oxygen atoms in total. The van der Waals surface area contributed by atoms with Crippen molar-refractivity contribution in [2.24, 2.45) is 5.92 Å². The molecule has 1 saturated heterocycles. The topological polar surface area (TPSA) is 88.6 Å². The van der Waals surface area contributed by atoms with E-state index in [4.69, 9.17) is 28.6 Å². The van der Waals surface area contributed by atoms with Gasteiger partial charge >= 0.3 is 5.97 Å². The zero-order valence-corrected chi connectivity index (χ0v) is 25.8. The number of para-hydroxylation sites is 2. The summed E-state index contributed by atoms with van der Waals surface area (Å²) in [6.45, 7) is 1.92. The molecule has 8 rings (SSSR count). The van der Waals surface area contributed by atoms with Crippen LogP contribution in [0.25, 0.3) is 38.5 Å². The highest BCUT2D eigenvalue weighted by Gasteiger charge is 2.25. The van der Waals surface area contributed by atoms with E-state index < -0.39 is 0 Å². The van der Waals surface area contributed by atoms with Crippen molar-refractivity contribution < 1.29 is 23.4 Å². The molecule has 0 spiro atoms.